The Bertz CT molecular complexity index is 94.9. The van der Waals surface area contributed by atoms with Gasteiger partial charge in [0.2, 0.25) is 5.56 Å². The number of hydrogen-bond acceptors (Lipinski definition) is 3. The average molecular weight is 141 g/mol. The van der Waals surface area contributed by atoms with Gasteiger partial charge in [-0.1, -0.05) is 16.1 Å². The summed E-state index contributed by atoms with van der Waals surface area (Å²) in [4.78, 5) is 0. The van der Waals surface area contributed by atoms with Gasteiger partial charge in [0.25, 0.3) is 0 Å². The van der Waals surface area contributed by atoms with Crippen LogP contribution in [0.3, 0.4) is 0 Å². The lowest BCUT2D eigenvalue weighted by Gasteiger charge is -1.76. The van der Waals surface area contributed by atoms with E-state index in [1.54, 1.807) is 0 Å². The first-order chi connectivity index (χ1) is 3.29. The van der Waals surface area contributed by atoms with Crippen LogP contribution in [0.25, 0.3) is 0 Å². The van der Waals surface area contributed by atoms with Crippen LogP contribution in [-0.2, 0) is 13.6 Å². The van der Waals surface area contributed by atoms with Crippen molar-refractivity contribution >= 4 is 19.9 Å². The molecule has 5 heteroatoms. The molecule has 3 nitrogen and oxygen atoms in total. The third kappa shape index (κ3) is 1.35. The van der Waals surface area contributed by atoms with Crippen molar-refractivity contribution in [2.24, 2.45) is 0 Å². The molecule has 0 amide bonds. The second-order valence-corrected chi connectivity index (χ2v) is 2.44. The largest absolute Gasteiger partial charge is 0.699 e. The summed E-state index contributed by atoms with van der Waals surface area (Å²) in [6.45, 7) is 0.233. The molecule has 0 aromatic rings. The molecule has 0 bridgehead atoms. The summed E-state index contributed by atoms with van der Waals surface area (Å²) in [5.74, 6) is 0. The lowest BCUT2D eigenvalue weighted by atomic mass is 10.8. The van der Waals surface area contributed by atoms with Gasteiger partial charge < -0.3 is 0 Å². The molecule has 0 radical (unpaired) electrons. The van der Waals surface area contributed by atoms with E-state index >= 15 is 0 Å². The van der Waals surface area contributed by atoms with Crippen molar-refractivity contribution in [2.45, 2.75) is 5.56 Å². The van der Waals surface area contributed by atoms with Crippen molar-refractivity contribution in [3.63, 3.8) is 0 Å². The normalized spacial score (nSPS) is 36.7. The number of alkyl halides is 1. The average Bonchev–Trinajstić information content (AvgIpc) is 1.87. The van der Waals surface area contributed by atoms with E-state index in [1.807, 2.05) is 0 Å². The first kappa shape index (κ1) is 5.45. The Labute approximate surface area is 46.5 Å². The summed E-state index contributed by atoms with van der Waals surface area (Å²) >= 11 is 5.28. The Hall–Kier alpha value is 0.310. The molecule has 1 aliphatic rings. The SMILES string of the molecule is O=[P+]1OCC(Cl)O1. The smallest absolute Gasteiger partial charge is 0.115 e. The quantitative estimate of drug-likeness (QED) is 0.376. The van der Waals surface area contributed by atoms with Crippen LogP contribution in [0.5, 0.6) is 0 Å². The number of rotatable bonds is 0. The van der Waals surface area contributed by atoms with Gasteiger partial charge in [-0.15, -0.1) is 4.52 Å². The molecule has 0 spiro atoms. The van der Waals surface area contributed by atoms with E-state index in [2.05, 4.69) is 9.05 Å². The van der Waals surface area contributed by atoms with Gasteiger partial charge in [-0.2, -0.15) is 0 Å². The maximum atomic E-state index is 10.1. The third-order valence-electron chi connectivity index (χ3n) is 0.511. The predicted octanol–water partition coefficient (Wildman–Crippen LogP) is 1.26. The molecule has 0 N–H and O–H groups in total. The molecule has 2 atom stereocenters. The van der Waals surface area contributed by atoms with Crippen LogP contribution in [0.4, 0.5) is 0 Å². The zero-order valence-electron chi connectivity index (χ0n) is 3.33. The minimum atomic E-state index is -1.89. The topological polar surface area (TPSA) is 35.5 Å². The maximum absolute atomic E-state index is 10.1. The lowest BCUT2D eigenvalue weighted by Crippen LogP contribution is -1.95. The summed E-state index contributed by atoms with van der Waals surface area (Å²) in [7, 11) is -1.89. The molecule has 0 aliphatic carbocycles. The number of hydrogen-bond donors (Lipinski definition) is 0. The van der Waals surface area contributed by atoms with Crippen molar-refractivity contribution in [3.8, 4) is 0 Å². The summed E-state index contributed by atoms with van der Waals surface area (Å²) < 4.78 is 18.9. The molecule has 0 aromatic heterocycles. The molecule has 2 unspecified atom stereocenters. The van der Waals surface area contributed by atoms with E-state index in [4.69, 9.17) is 11.6 Å². The molecule has 1 aliphatic heterocycles. The second-order valence-electron chi connectivity index (χ2n) is 1.03. The molecule has 1 rings (SSSR count). The highest BCUT2D eigenvalue weighted by Gasteiger charge is 2.35. The van der Waals surface area contributed by atoms with E-state index in [0.717, 1.165) is 0 Å². The van der Waals surface area contributed by atoms with Gasteiger partial charge in [-0.3, -0.25) is 0 Å². The highest BCUT2D eigenvalue weighted by Crippen LogP contribution is 2.34. The summed E-state index contributed by atoms with van der Waals surface area (Å²) in [6, 6.07) is 0. The van der Waals surface area contributed by atoms with Gasteiger partial charge >= 0.3 is 8.25 Å². The summed E-state index contributed by atoms with van der Waals surface area (Å²) in [6.07, 6.45) is 0. The Balaban J connectivity index is 2.40. The zero-order valence-corrected chi connectivity index (χ0v) is 4.98. The Morgan fingerprint density at radius 1 is 1.86 bits per heavy atom. The van der Waals surface area contributed by atoms with Crippen molar-refractivity contribution in [3.05, 3.63) is 0 Å². The second kappa shape index (κ2) is 2.05. The van der Waals surface area contributed by atoms with Crippen LogP contribution < -0.4 is 0 Å². The van der Waals surface area contributed by atoms with Gasteiger partial charge in [0.1, 0.15) is 0 Å². The molecule has 0 aromatic carbocycles. The third-order valence-corrected chi connectivity index (χ3v) is 1.64. The summed E-state index contributed by atoms with van der Waals surface area (Å²) in [5, 5.41) is 0. The number of halogens is 1. The molecular formula is C2H3ClO3P+. The predicted molar refractivity (Wildman–Crippen MR) is 24.3 cm³/mol. The summed E-state index contributed by atoms with van der Waals surface area (Å²) in [5.41, 5.74) is -0.511. The van der Waals surface area contributed by atoms with Crippen LogP contribution in [-0.4, -0.2) is 12.2 Å². The monoisotopic (exact) mass is 141 g/mol. The highest BCUT2D eigenvalue weighted by molar-refractivity contribution is 7.33. The minimum Gasteiger partial charge on any atom is -0.115 e. The fraction of sp³-hybridized carbons (Fsp3) is 1.00. The highest BCUT2D eigenvalue weighted by atomic mass is 35.5. The molecule has 1 saturated heterocycles. The fourth-order valence-electron chi connectivity index (χ4n) is 0.274. The van der Waals surface area contributed by atoms with Crippen LogP contribution >= 0.6 is 19.9 Å². The van der Waals surface area contributed by atoms with Gasteiger partial charge in [0, 0.05) is 4.57 Å². The van der Waals surface area contributed by atoms with Crippen molar-refractivity contribution in [1.29, 1.82) is 0 Å². The molecular weight excluding hydrogens is 138 g/mol. The van der Waals surface area contributed by atoms with Gasteiger partial charge in [0.05, 0.1) is 0 Å². The molecule has 40 valence electrons. The van der Waals surface area contributed by atoms with Crippen LogP contribution in [0.2, 0.25) is 0 Å². The molecule has 1 fully saturated rings. The maximum Gasteiger partial charge on any atom is 0.699 e. The first-order valence-corrected chi connectivity index (χ1v) is 3.23. The van der Waals surface area contributed by atoms with E-state index in [0.29, 0.717) is 0 Å². The van der Waals surface area contributed by atoms with Gasteiger partial charge in [-0.05, 0) is 0 Å². The Morgan fingerprint density at radius 3 is 2.71 bits per heavy atom. The lowest BCUT2D eigenvalue weighted by molar-refractivity contribution is 0.324. The van der Waals surface area contributed by atoms with Crippen LogP contribution in [0.1, 0.15) is 0 Å². The van der Waals surface area contributed by atoms with Gasteiger partial charge in [0.15, 0.2) is 6.61 Å². The fourth-order valence-corrected chi connectivity index (χ4v) is 1.19. The molecule has 1 heterocycles. The van der Waals surface area contributed by atoms with E-state index < -0.39 is 13.8 Å². The van der Waals surface area contributed by atoms with Crippen molar-refractivity contribution in [1.82, 2.24) is 0 Å². The van der Waals surface area contributed by atoms with E-state index in [1.165, 1.54) is 0 Å². The minimum absolute atomic E-state index is 0.233. The van der Waals surface area contributed by atoms with Crippen molar-refractivity contribution in [2.75, 3.05) is 6.61 Å². The standard InChI is InChI=1S/C2H3ClO3P/c3-2-1-5-7(4)6-2/h2H,1H2/q+1. The zero-order chi connectivity index (χ0) is 5.28. The van der Waals surface area contributed by atoms with Crippen LogP contribution in [0, 0.1) is 0 Å². The first-order valence-electron chi connectivity index (χ1n) is 1.70. The van der Waals surface area contributed by atoms with E-state index in [9.17, 15) is 4.57 Å². The Morgan fingerprint density at radius 2 is 2.57 bits per heavy atom. The molecule has 0 saturated carbocycles. The van der Waals surface area contributed by atoms with Crippen molar-refractivity contribution < 1.29 is 13.6 Å². The van der Waals surface area contributed by atoms with Crippen LogP contribution in [0.15, 0.2) is 0 Å². The van der Waals surface area contributed by atoms with E-state index in [-0.39, 0.29) is 6.61 Å². The molecule has 7 heavy (non-hydrogen) atoms. The van der Waals surface area contributed by atoms with Gasteiger partial charge in [-0.25, -0.2) is 0 Å². The Kier molecular flexibility index (Phi) is 1.60.